The summed E-state index contributed by atoms with van der Waals surface area (Å²) >= 11 is 0. The smallest absolute Gasteiger partial charge is 0.318 e. The van der Waals surface area contributed by atoms with Gasteiger partial charge in [0.25, 0.3) is 0 Å². The van der Waals surface area contributed by atoms with Crippen LogP contribution in [0.15, 0.2) is 0 Å². The van der Waals surface area contributed by atoms with Gasteiger partial charge in [0.15, 0.2) is 0 Å². The van der Waals surface area contributed by atoms with Crippen LogP contribution in [0.4, 0.5) is 0 Å². The fourth-order valence-electron chi connectivity index (χ4n) is 5.60. The maximum atomic E-state index is 12.8. The Balaban J connectivity index is 2.50. The maximum Gasteiger partial charge on any atom is 0.318 e. The second kappa shape index (κ2) is 9.68. The van der Waals surface area contributed by atoms with Crippen molar-refractivity contribution >= 4 is 47.8 Å². The molecule has 0 aromatic carbocycles. The highest BCUT2D eigenvalue weighted by Gasteiger charge is 2.63. The summed E-state index contributed by atoms with van der Waals surface area (Å²) in [6, 6.07) is 0. The van der Waals surface area contributed by atoms with Crippen LogP contribution in [0.3, 0.4) is 0 Å². The zero-order valence-corrected chi connectivity index (χ0v) is 18.1. The predicted octanol–water partition coefficient (Wildman–Crippen LogP) is -1.21. The average molecular weight is 502 g/mol. The summed E-state index contributed by atoms with van der Waals surface area (Å²) < 4.78 is 4.58. The van der Waals surface area contributed by atoms with E-state index in [-0.39, 0.29) is 0 Å². The average Bonchev–Trinajstić information content (AvgIpc) is 3.19. The van der Waals surface area contributed by atoms with E-state index in [1.165, 1.54) is 0 Å². The molecule has 2 saturated carbocycles. The molecule has 0 spiro atoms. The van der Waals surface area contributed by atoms with Crippen molar-refractivity contribution in [2.75, 3.05) is 0 Å². The van der Waals surface area contributed by atoms with Crippen molar-refractivity contribution in [3.05, 3.63) is 0 Å². The molecule has 0 saturated heterocycles. The Morgan fingerprint density at radius 2 is 0.600 bits per heavy atom. The summed E-state index contributed by atoms with van der Waals surface area (Å²) in [6.07, 6.45) is 0. The topological polar surface area (TPSA) is 267 Å². The van der Waals surface area contributed by atoms with E-state index in [0.29, 0.717) is 0 Å². The molecule has 0 amide bonds. The molecule has 10 unspecified atom stereocenters. The van der Waals surface area contributed by atoms with Gasteiger partial charge in [-0.25, -0.2) is 0 Å². The van der Waals surface area contributed by atoms with Crippen LogP contribution < -0.4 is 0 Å². The van der Waals surface area contributed by atoms with Gasteiger partial charge in [0.05, 0.1) is 47.3 Å². The van der Waals surface area contributed by atoms with Crippen LogP contribution in [0.1, 0.15) is 13.8 Å². The van der Waals surface area contributed by atoms with Gasteiger partial charge in [-0.15, -0.1) is 0 Å². The van der Waals surface area contributed by atoms with Crippen LogP contribution in [-0.4, -0.2) is 78.4 Å². The lowest BCUT2D eigenvalue weighted by Gasteiger charge is -2.22. The number of esters is 2. The minimum atomic E-state index is -2.19. The van der Waals surface area contributed by atoms with Crippen LogP contribution in [0.5, 0.6) is 0 Å². The third-order valence-corrected chi connectivity index (χ3v) is 7.04. The summed E-state index contributed by atoms with van der Waals surface area (Å²) in [5.74, 6) is -33.3. The molecule has 6 N–H and O–H groups in total. The molecular formula is C20H22O15. The Kier molecular flexibility index (Phi) is 7.52. The summed E-state index contributed by atoms with van der Waals surface area (Å²) in [5, 5.41) is 56.8. The first kappa shape index (κ1) is 27.2. The zero-order chi connectivity index (χ0) is 27.1. The van der Waals surface area contributed by atoms with E-state index < -0.39 is 107 Å². The van der Waals surface area contributed by atoms with Crippen molar-refractivity contribution < 1.29 is 73.7 Å². The standard InChI is InChI=1S/C20H22O15/c1-3-5(13(21)22)9(17(29)30)11(7(3)15(25)26)19(33)35-20(34)12-8(16(27)28)4(2)6(14(23)24)10(12)18(31)32/h3-12H,1-2H3,(H,21,22)(H,23,24)(H,25,26)(H,27,28)(H,29,30)(H,31,32). The van der Waals surface area contributed by atoms with Gasteiger partial charge in [-0.3, -0.25) is 38.4 Å². The van der Waals surface area contributed by atoms with Crippen molar-refractivity contribution in [1.29, 1.82) is 0 Å². The lowest BCUT2D eigenvalue weighted by molar-refractivity contribution is -0.177. The minimum Gasteiger partial charge on any atom is -0.481 e. The third-order valence-electron chi connectivity index (χ3n) is 7.04. The monoisotopic (exact) mass is 502 g/mol. The summed E-state index contributed by atoms with van der Waals surface area (Å²) in [4.78, 5) is 95.9. The molecule has 0 aromatic rings. The number of aliphatic carboxylic acids is 6. The predicted molar refractivity (Wildman–Crippen MR) is 103 cm³/mol. The SMILES string of the molecule is CC1C(C(=O)O)C(C(=O)O)C(C(=O)OC(=O)C2C(C(=O)O)C(C)C(C(=O)O)C2C(=O)O)C1C(=O)O. The van der Waals surface area contributed by atoms with Crippen LogP contribution >= 0.6 is 0 Å². The molecular weight excluding hydrogens is 480 g/mol. The molecule has 2 rings (SSSR count). The Morgan fingerprint density at radius 1 is 0.400 bits per heavy atom. The fourth-order valence-corrected chi connectivity index (χ4v) is 5.60. The van der Waals surface area contributed by atoms with E-state index in [0.717, 1.165) is 13.8 Å². The molecule has 15 nitrogen and oxygen atoms in total. The number of ether oxygens (including phenoxy) is 1. The van der Waals surface area contributed by atoms with Crippen molar-refractivity contribution in [1.82, 2.24) is 0 Å². The van der Waals surface area contributed by atoms with Crippen LogP contribution in [0, 0.1) is 59.2 Å². The molecule has 2 aliphatic carbocycles. The largest absolute Gasteiger partial charge is 0.481 e. The third kappa shape index (κ3) is 4.52. The quantitative estimate of drug-likeness (QED) is 0.168. The molecule has 2 fully saturated rings. The fraction of sp³-hybridized carbons (Fsp3) is 0.600. The molecule has 35 heavy (non-hydrogen) atoms. The molecule has 10 atom stereocenters. The maximum absolute atomic E-state index is 12.8. The van der Waals surface area contributed by atoms with Gasteiger partial charge < -0.3 is 35.4 Å². The molecule has 0 aromatic heterocycles. The molecule has 0 heterocycles. The molecule has 192 valence electrons. The van der Waals surface area contributed by atoms with Gasteiger partial charge in [0.2, 0.25) is 0 Å². The molecule has 15 heteroatoms. The van der Waals surface area contributed by atoms with E-state index in [2.05, 4.69) is 4.74 Å². The second-order valence-electron chi connectivity index (χ2n) is 8.69. The van der Waals surface area contributed by atoms with Crippen LogP contribution in [0.2, 0.25) is 0 Å². The number of carboxylic acid groups (broad SMARTS) is 6. The van der Waals surface area contributed by atoms with Crippen molar-refractivity contribution in [3.63, 3.8) is 0 Å². The molecule has 0 aliphatic heterocycles. The van der Waals surface area contributed by atoms with Gasteiger partial charge in [0.1, 0.15) is 0 Å². The number of carbonyl (C=O) groups is 8. The summed E-state index contributed by atoms with van der Waals surface area (Å²) in [6.45, 7) is 2.17. The van der Waals surface area contributed by atoms with Crippen LogP contribution in [-0.2, 0) is 43.1 Å². The highest BCUT2D eigenvalue weighted by molar-refractivity contribution is 5.99. The highest BCUT2D eigenvalue weighted by Crippen LogP contribution is 2.49. The number of rotatable bonds is 8. The van der Waals surface area contributed by atoms with Crippen molar-refractivity contribution in [2.45, 2.75) is 13.8 Å². The Morgan fingerprint density at radius 3 is 0.800 bits per heavy atom. The van der Waals surface area contributed by atoms with E-state index in [1.54, 1.807) is 0 Å². The van der Waals surface area contributed by atoms with Crippen molar-refractivity contribution in [2.24, 2.45) is 59.2 Å². The Hall–Kier alpha value is -4.04. The number of carboxylic acids is 6. The van der Waals surface area contributed by atoms with Gasteiger partial charge >= 0.3 is 47.8 Å². The second-order valence-corrected chi connectivity index (χ2v) is 8.69. The first-order valence-corrected chi connectivity index (χ1v) is 10.2. The highest BCUT2D eigenvalue weighted by atomic mass is 16.6. The molecule has 0 radical (unpaired) electrons. The Bertz CT molecular complexity index is 920. The minimum absolute atomic E-state index is 1.08. The van der Waals surface area contributed by atoms with Crippen molar-refractivity contribution in [3.8, 4) is 0 Å². The lowest BCUT2D eigenvalue weighted by atomic mass is 9.85. The van der Waals surface area contributed by atoms with Gasteiger partial charge in [0, 0.05) is 0 Å². The molecule has 0 bridgehead atoms. The first-order chi connectivity index (χ1) is 16.1. The number of carbonyl (C=O) groups excluding carboxylic acids is 2. The summed E-state index contributed by atoms with van der Waals surface area (Å²) in [5.41, 5.74) is 0. The van der Waals surface area contributed by atoms with E-state index in [4.69, 9.17) is 0 Å². The summed E-state index contributed by atoms with van der Waals surface area (Å²) in [7, 11) is 0. The first-order valence-electron chi connectivity index (χ1n) is 10.2. The number of hydrogen-bond donors (Lipinski definition) is 6. The van der Waals surface area contributed by atoms with E-state index >= 15 is 0 Å². The number of hydrogen-bond acceptors (Lipinski definition) is 9. The van der Waals surface area contributed by atoms with E-state index in [9.17, 15) is 69.0 Å². The Labute approximate surface area is 195 Å². The zero-order valence-electron chi connectivity index (χ0n) is 18.1. The van der Waals surface area contributed by atoms with E-state index in [1.807, 2.05) is 0 Å². The van der Waals surface area contributed by atoms with Gasteiger partial charge in [-0.05, 0) is 11.8 Å². The normalized spacial score (nSPS) is 36.2. The van der Waals surface area contributed by atoms with Crippen LogP contribution in [0.25, 0.3) is 0 Å². The molecule has 2 aliphatic rings. The van der Waals surface area contributed by atoms with Gasteiger partial charge in [-0.2, -0.15) is 0 Å². The van der Waals surface area contributed by atoms with Gasteiger partial charge in [-0.1, -0.05) is 13.8 Å². The lowest BCUT2D eigenvalue weighted by Crippen LogP contribution is -2.41.